The van der Waals surface area contributed by atoms with Crippen LogP contribution in [0.15, 0.2) is 67.3 Å². The summed E-state index contributed by atoms with van der Waals surface area (Å²) in [5, 5.41) is 11.3. The number of hydrogen-bond acceptors (Lipinski definition) is 6. The van der Waals surface area contributed by atoms with Crippen LogP contribution in [0.25, 0.3) is 5.82 Å². The number of carbonyl (C=O) groups excluding carboxylic acids is 1. The fourth-order valence-corrected chi connectivity index (χ4v) is 4.60. The average Bonchev–Trinajstić information content (AvgIpc) is 3.41. The second-order valence-corrected chi connectivity index (χ2v) is 11.6. The molecule has 0 saturated heterocycles. The molecule has 0 radical (unpaired) electrons. The number of anilines is 2. The van der Waals surface area contributed by atoms with Crippen molar-refractivity contribution in [2.24, 2.45) is 5.41 Å². The molecule has 4 rings (SSSR count). The predicted molar refractivity (Wildman–Crippen MR) is 158 cm³/mol. The van der Waals surface area contributed by atoms with Crippen molar-refractivity contribution in [1.29, 1.82) is 0 Å². The van der Waals surface area contributed by atoms with Gasteiger partial charge in [0.15, 0.2) is 0 Å². The Bertz CT molecular complexity index is 1420. The van der Waals surface area contributed by atoms with Crippen LogP contribution in [0.1, 0.15) is 38.3 Å². The molecule has 0 aliphatic carbocycles. The molecule has 204 valence electrons. The van der Waals surface area contributed by atoms with E-state index in [9.17, 15) is 4.79 Å². The van der Waals surface area contributed by atoms with E-state index in [-0.39, 0.29) is 17.9 Å². The molecule has 11 heteroatoms. The summed E-state index contributed by atoms with van der Waals surface area (Å²) in [6.07, 6.45) is 5.68. The molecule has 0 aliphatic heterocycles. The largest absolute Gasteiger partial charge is 0.358 e. The monoisotopic (exact) mass is 585 g/mol. The van der Waals surface area contributed by atoms with Crippen molar-refractivity contribution in [1.82, 2.24) is 24.8 Å². The van der Waals surface area contributed by atoms with Crippen molar-refractivity contribution in [3.63, 3.8) is 0 Å². The number of nitrogens with zero attached hydrogens (tertiary/aromatic N) is 4. The highest BCUT2D eigenvalue weighted by molar-refractivity contribution is 6.35. The SMILES string of the molecule is CC(C)(C)C[C@@H](Nc1cc(-n2ccnc2)nc(NCc2cccc(Cl)c2)n1)C(=O)NCc1ccc(Cl)cc1Cl. The molecular formula is C28H30Cl3N7O. The molecule has 4 aromatic rings. The minimum Gasteiger partial charge on any atom is -0.358 e. The zero-order chi connectivity index (χ0) is 28.0. The molecule has 0 saturated carbocycles. The summed E-state index contributed by atoms with van der Waals surface area (Å²) in [6.45, 7) is 6.99. The molecule has 39 heavy (non-hydrogen) atoms. The fraction of sp³-hybridized carbons (Fsp3) is 0.286. The van der Waals surface area contributed by atoms with Gasteiger partial charge in [0.25, 0.3) is 0 Å². The van der Waals surface area contributed by atoms with Gasteiger partial charge in [0, 0.05) is 46.6 Å². The van der Waals surface area contributed by atoms with E-state index in [4.69, 9.17) is 34.8 Å². The van der Waals surface area contributed by atoms with Crippen molar-refractivity contribution in [2.75, 3.05) is 10.6 Å². The molecule has 0 aliphatic rings. The average molecular weight is 587 g/mol. The van der Waals surface area contributed by atoms with Gasteiger partial charge in [0.05, 0.1) is 0 Å². The van der Waals surface area contributed by atoms with Gasteiger partial charge in [-0.1, -0.05) is 73.8 Å². The Hall–Kier alpha value is -3.33. The van der Waals surface area contributed by atoms with Crippen LogP contribution in [0.2, 0.25) is 15.1 Å². The smallest absolute Gasteiger partial charge is 0.242 e. The maximum Gasteiger partial charge on any atom is 0.242 e. The minimum atomic E-state index is -0.567. The van der Waals surface area contributed by atoms with Crippen LogP contribution >= 0.6 is 34.8 Å². The molecule has 2 aromatic heterocycles. The number of benzene rings is 2. The Morgan fingerprint density at radius 2 is 1.79 bits per heavy atom. The third-order valence-corrected chi connectivity index (χ3v) is 6.57. The first kappa shape index (κ1) is 28.7. The summed E-state index contributed by atoms with van der Waals surface area (Å²) in [5.41, 5.74) is 1.63. The van der Waals surface area contributed by atoms with E-state index in [1.54, 1.807) is 47.6 Å². The lowest BCUT2D eigenvalue weighted by Gasteiger charge is -2.27. The predicted octanol–water partition coefficient (Wildman–Crippen LogP) is 6.77. The number of imidazole rings is 1. The zero-order valence-electron chi connectivity index (χ0n) is 21.9. The summed E-state index contributed by atoms with van der Waals surface area (Å²) < 4.78 is 1.78. The lowest BCUT2D eigenvalue weighted by molar-refractivity contribution is -0.122. The summed E-state index contributed by atoms with van der Waals surface area (Å²) in [5.74, 6) is 1.32. The number of amides is 1. The third-order valence-electron chi connectivity index (χ3n) is 5.74. The molecule has 0 spiro atoms. The maximum atomic E-state index is 13.4. The highest BCUT2D eigenvalue weighted by Crippen LogP contribution is 2.25. The van der Waals surface area contributed by atoms with E-state index >= 15 is 0 Å². The summed E-state index contributed by atoms with van der Waals surface area (Å²) in [6, 6.07) is 14.0. The van der Waals surface area contributed by atoms with Gasteiger partial charge in [0.1, 0.15) is 24.0 Å². The molecule has 1 atom stereocenters. The molecule has 2 heterocycles. The van der Waals surface area contributed by atoms with E-state index in [1.807, 2.05) is 24.3 Å². The van der Waals surface area contributed by atoms with E-state index in [1.165, 1.54) is 0 Å². The molecule has 8 nitrogen and oxygen atoms in total. The van der Waals surface area contributed by atoms with Crippen LogP contribution in [0.3, 0.4) is 0 Å². The quantitative estimate of drug-likeness (QED) is 0.190. The van der Waals surface area contributed by atoms with Crippen LogP contribution in [0, 0.1) is 5.41 Å². The molecule has 0 bridgehead atoms. The van der Waals surface area contributed by atoms with Crippen LogP contribution in [-0.2, 0) is 17.9 Å². The van der Waals surface area contributed by atoms with Crippen molar-refractivity contribution in [2.45, 2.75) is 46.3 Å². The van der Waals surface area contributed by atoms with Crippen molar-refractivity contribution >= 4 is 52.5 Å². The molecule has 3 N–H and O–H groups in total. The Balaban J connectivity index is 1.56. The van der Waals surface area contributed by atoms with Crippen molar-refractivity contribution in [3.8, 4) is 5.82 Å². The number of halogens is 3. The fourth-order valence-electron chi connectivity index (χ4n) is 3.91. The zero-order valence-corrected chi connectivity index (χ0v) is 24.1. The molecule has 0 unspecified atom stereocenters. The second kappa shape index (κ2) is 12.7. The Labute approximate surface area is 243 Å². The molecule has 1 amide bonds. The Morgan fingerprint density at radius 1 is 1.00 bits per heavy atom. The molecule has 0 fully saturated rings. The topological polar surface area (TPSA) is 96.8 Å². The first-order valence-electron chi connectivity index (χ1n) is 12.4. The lowest BCUT2D eigenvalue weighted by Crippen LogP contribution is -2.42. The summed E-state index contributed by atoms with van der Waals surface area (Å²) in [7, 11) is 0. The van der Waals surface area contributed by atoms with Crippen LogP contribution < -0.4 is 16.0 Å². The first-order valence-corrected chi connectivity index (χ1v) is 13.5. The van der Waals surface area contributed by atoms with Gasteiger partial charge in [-0.25, -0.2) is 4.98 Å². The van der Waals surface area contributed by atoms with Crippen molar-refractivity contribution in [3.05, 3.63) is 93.4 Å². The number of rotatable bonds is 10. The van der Waals surface area contributed by atoms with Crippen molar-refractivity contribution < 1.29 is 4.79 Å². The van der Waals surface area contributed by atoms with Crippen LogP contribution in [-0.4, -0.2) is 31.5 Å². The standard InChI is InChI=1S/C28H30Cl3N7O/c1-28(2,3)14-23(26(39)33-16-19-7-8-21(30)12-22(19)31)35-24-13-25(38-10-9-32-17-38)37-27(36-24)34-15-18-5-4-6-20(29)11-18/h4-13,17,23H,14-16H2,1-3H3,(H,33,39)(H2,34,35,36,37)/t23-/m1/s1. The van der Waals surface area contributed by atoms with Gasteiger partial charge in [0.2, 0.25) is 11.9 Å². The second-order valence-electron chi connectivity index (χ2n) is 10.3. The lowest BCUT2D eigenvalue weighted by atomic mass is 9.87. The van der Waals surface area contributed by atoms with Gasteiger partial charge in [-0.2, -0.15) is 9.97 Å². The maximum absolute atomic E-state index is 13.4. The molecular weight excluding hydrogens is 557 g/mol. The van der Waals surface area contributed by atoms with E-state index in [0.29, 0.717) is 45.6 Å². The third kappa shape index (κ3) is 8.58. The summed E-state index contributed by atoms with van der Waals surface area (Å²) in [4.78, 5) is 26.8. The van der Waals surface area contributed by atoms with Gasteiger partial charge in [-0.3, -0.25) is 9.36 Å². The van der Waals surface area contributed by atoms with E-state index < -0.39 is 6.04 Å². The summed E-state index contributed by atoms with van der Waals surface area (Å²) >= 11 is 18.4. The highest BCUT2D eigenvalue weighted by Gasteiger charge is 2.26. The first-order chi connectivity index (χ1) is 18.6. The molecule has 2 aromatic carbocycles. The van der Waals surface area contributed by atoms with Gasteiger partial charge in [-0.05, 0) is 47.2 Å². The van der Waals surface area contributed by atoms with Crippen LogP contribution in [0.5, 0.6) is 0 Å². The van der Waals surface area contributed by atoms with Gasteiger partial charge in [-0.15, -0.1) is 0 Å². The highest BCUT2D eigenvalue weighted by atomic mass is 35.5. The number of aromatic nitrogens is 4. The number of hydrogen-bond donors (Lipinski definition) is 3. The van der Waals surface area contributed by atoms with Gasteiger partial charge >= 0.3 is 0 Å². The number of nitrogens with one attached hydrogen (secondary N) is 3. The Morgan fingerprint density at radius 3 is 2.49 bits per heavy atom. The minimum absolute atomic E-state index is 0.138. The normalized spacial score (nSPS) is 12.2. The van der Waals surface area contributed by atoms with E-state index in [0.717, 1.165) is 11.1 Å². The Kier molecular flexibility index (Phi) is 9.32. The van der Waals surface area contributed by atoms with E-state index in [2.05, 4.69) is 51.7 Å². The van der Waals surface area contributed by atoms with Gasteiger partial charge < -0.3 is 16.0 Å². The van der Waals surface area contributed by atoms with Crippen LogP contribution in [0.4, 0.5) is 11.8 Å². The number of carbonyl (C=O) groups is 1.